The molecule has 0 aliphatic rings. The molecule has 0 radical (unpaired) electrons. The van der Waals surface area contributed by atoms with E-state index in [1.807, 2.05) is 13.8 Å². The van der Waals surface area contributed by atoms with E-state index in [1.165, 1.54) is 19.1 Å². The van der Waals surface area contributed by atoms with Gasteiger partial charge in [0.25, 0.3) is 0 Å². The third-order valence-corrected chi connectivity index (χ3v) is 5.15. The van der Waals surface area contributed by atoms with E-state index in [9.17, 15) is 13.2 Å². The minimum atomic E-state index is -3.85. The van der Waals surface area contributed by atoms with Crippen LogP contribution in [0.3, 0.4) is 0 Å². The molecule has 1 atom stereocenters. The van der Waals surface area contributed by atoms with Gasteiger partial charge in [-0.05, 0) is 39.0 Å². The van der Waals surface area contributed by atoms with Crippen molar-refractivity contribution in [3.8, 4) is 0 Å². The van der Waals surface area contributed by atoms with Crippen molar-refractivity contribution in [3.05, 3.63) is 22.7 Å². The lowest BCUT2D eigenvalue weighted by Gasteiger charge is -2.23. The molecule has 6 nitrogen and oxygen atoms in total. The van der Waals surface area contributed by atoms with Crippen LogP contribution in [0.4, 0.5) is 5.69 Å². The normalized spacial score (nSPS) is 13.0. The third-order valence-electron chi connectivity index (χ3n) is 3.04. The fourth-order valence-electron chi connectivity index (χ4n) is 1.92. The molecule has 3 N–H and O–H groups in total. The number of amides is 1. The molecule has 1 aromatic carbocycles. The van der Waals surface area contributed by atoms with Crippen molar-refractivity contribution in [2.45, 2.75) is 31.7 Å². The Bertz CT molecular complexity index is 615. The topological polar surface area (TPSA) is 92.5 Å². The zero-order valence-corrected chi connectivity index (χ0v) is 14.7. The number of hydrogen-bond acceptors (Lipinski definition) is 4. The number of benzene rings is 1. The Balaban J connectivity index is 2.97. The maximum Gasteiger partial charge on any atom is 0.243 e. The molecular formula is C13H20BrN3O3S. The molecule has 118 valence electrons. The smallest absolute Gasteiger partial charge is 0.243 e. The van der Waals surface area contributed by atoms with Crippen LogP contribution in [0.25, 0.3) is 0 Å². The molecule has 1 amide bonds. The van der Waals surface area contributed by atoms with E-state index in [2.05, 4.69) is 20.7 Å². The van der Waals surface area contributed by atoms with Gasteiger partial charge in [-0.2, -0.15) is 4.72 Å². The molecule has 8 heteroatoms. The summed E-state index contributed by atoms with van der Waals surface area (Å²) in [7, 11) is -3.85. The van der Waals surface area contributed by atoms with Crippen molar-refractivity contribution in [2.24, 2.45) is 0 Å². The SMILES string of the molecule is CCN(CC)C(=O)C(C)NS(=O)(=O)c1ccc(Br)cc1N. The van der Waals surface area contributed by atoms with Crippen LogP contribution >= 0.6 is 15.9 Å². The molecule has 21 heavy (non-hydrogen) atoms. The molecule has 0 bridgehead atoms. The van der Waals surface area contributed by atoms with Crippen LogP contribution in [-0.4, -0.2) is 38.4 Å². The Morgan fingerprint density at radius 3 is 2.43 bits per heavy atom. The Kier molecular flexibility index (Phi) is 6.18. The fourth-order valence-corrected chi connectivity index (χ4v) is 3.61. The molecular weight excluding hydrogens is 358 g/mol. The highest BCUT2D eigenvalue weighted by atomic mass is 79.9. The minimum absolute atomic E-state index is 0.0371. The highest BCUT2D eigenvalue weighted by Crippen LogP contribution is 2.22. The summed E-state index contributed by atoms with van der Waals surface area (Å²) in [5.41, 5.74) is 5.85. The number of carbonyl (C=O) groups is 1. The summed E-state index contributed by atoms with van der Waals surface area (Å²) in [6, 6.07) is 3.64. The van der Waals surface area contributed by atoms with Crippen LogP contribution < -0.4 is 10.5 Å². The van der Waals surface area contributed by atoms with Crippen LogP contribution in [-0.2, 0) is 14.8 Å². The van der Waals surface area contributed by atoms with Crippen molar-refractivity contribution in [1.82, 2.24) is 9.62 Å². The maximum absolute atomic E-state index is 12.3. The van der Waals surface area contributed by atoms with Gasteiger partial charge in [-0.25, -0.2) is 8.42 Å². The number of anilines is 1. The lowest BCUT2D eigenvalue weighted by molar-refractivity contribution is -0.132. The van der Waals surface area contributed by atoms with Gasteiger partial charge in [-0.1, -0.05) is 15.9 Å². The van der Waals surface area contributed by atoms with E-state index in [4.69, 9.17) is 5.73 Å². The second-order valence-corrected chi connectivity index (χ2v) is 7.13. The number of likely N-dealkylation sites (N-methyl/N-ethyl adjacent to an activating group) is 1. The van der Waals surface area contributed by atoms with Crippen LogP contribution in [0.5, 0.6) is 0 Å². The number of halogens is 1. The van der Waals surface area contributed by atoms with Gasteiger partial charge < -0.3 is 10.6 Å². The van der Waals surface area contributed by atoms with E-state index in [1.54, 1.807) is 11.0 Å². The highest BCUT2D eigenvalue weighted by Gasteiger charge is 2.25. The van der Waals surface area contributed by atoms with Gasteiger partial charge in [0.1, 0.15) is 4.90 Å². The summed E-state index contributed by atoms with van der Waals surface area (Å²) < 4.78 is 27.7. The summed E-state index contributed by atoms with van der Waals surface area (Å²) in [6.45, 7) is 6.27. The average Bonchev–Trinajstić information content (AvgIpc) is 2.38. The highest BCUT2D eigenvalue weighted by molar-refractivity contribution is 9.10. The van der Waals surface area contributed by atoms with Gasteiger partial charge in [0, 0.05) is 17.6 Å². The molecule has 1 unspecified atom stereocenters. The fraction of sp³-hybridized carbons (Fsp3) is 0.462. The van der Waals surface area contributed by atoms with E-state index in [-0.39, 0.29) is 16.5 Å². The first-order chi connectivity index (χ1) is 9.72. The molecule has 0 fully saturated rings. The average molecular weight is 378 g/mol. The van der Waals surface area contributed by atoms with Gasteiger partial charge in [-0.3, -0.25) is 4.79 Å². The van der Waals surface area contributed by atoms with Crippen molar-refractivity contribution >= 4 is 37.5 Å². The zero-order valence-electron chi connectivity index (χ0n) is 12.3. The first-order valence-corrected chi connectivity index (χ1v) is 8.86. The first kappa shape index (κ1) is 17.9. The standard InChI is InChI=1S/C13H20BrN3O3S/c1-4-17(5-2)13(18)9(3)16-21(19,20)12-7-6-10(14)8-11(12)15/h6-9,16H,4-5,15H2,1-3H3. The summed E-state index contributed by atoms with van der Waals surface area (Å²) >= 11 is 3.22. The molecule has 0 heterocycles. The lowest BCUT2D eigenvalue weighted by Crippen LogP contribution is -2.46. The van der Waals surface area contributed by atoms with Crippen molar-refractivity contribution in [2.75, 3.05) is 18.8 Å². The number of nitrogens with one attached hydrogen (secondary N) is 1. The van der Waals surface area contributed by atoms with Crippen LogP contribution in [0, 0.1) is 0 Å². The Morgan fingerprint density at radius 2 is 1.95 bits per heavy atom. The summed E-state index contributed by atoms with van der Waals surface area (Å²) in [5, 5.41) is 0. The first-order valence-electron chi connectivity index (χ1n) is 6.59. The van der Waals surface area contributed by atoms with E-state index < -0.39 is 16.1 Å². The van der Waals surface area contributed by atoms with Gasteiger partial charge in [0.2, 0.25) is 15.9 Å². The number of nitrogens with two attached hydrogens (primary N) is 1. The molecule has 0 aliphatic carbocycles. The van der Waals surface area contributed by atoms with Crippen molar-refractivity contribution < 1.29 is 13.2 Å². The number of hydrogen-bond donors (Lipinski definition) is 2. The predicted molar refractivity (Wildman–Crippen MR) is 86.3 cm³/mol. The zero-order chi connectivity index (χ0) is 16.2. The second kappa shape index (κ2) is 7.24. The summed E-state index contributed by atoms with van der Waals surface area (Å²) in [4.78, 5) is 13.6. The van der Waals surface area contributed by atoms with Crippen LogP contribution in [0.15, 0.2) is 27.6 Å². The predicted octanol–water partition coefficient (Wildman–Crippen LogP) is 1.57. The molecule has 1 rings (SSSR count). The molecule has 0 saturated carbocycles. The van der Waals surface area contributed by atoms with E-state index in [0.717, 1.165) is 0 Å². The second-order valence-electron chi connectivity index (χ2n) is 4.54. The summed E-state index contributed by atoms with van der Waals surface area (Å²) in [5.74, 6) is -0.265. The van der Waals surface area contributed by atoms with Crippen molar-refractivity contribution in [1.29, 1.82) is 0 Å². The van der Waals surface area contributed by atoms with Gasteiger partial charge >= 0.3 is 0 Å². The third kappa shape index (κ3) is 4.42. The molecule has 0 aromatic heterocycles. The molecule has 0 aliphatic heterocycles. The number of nitrogen functional groups attached to an aromatic ring is 1. The van der Waals surface area contributed by atoms with Crippen LogP contribution in [0.2, 0.25) is 0 Å². The summed E-state index contributed by atoms with van der Waals surface area (Å²) in [6.07, 6.45) is 0. The van der Waals surface area contributed by atoms with Crippen LogP contribution in [0.1, 0.15) is 20.8 Å². The largest absolute Gasteiger partial charge is 0.398 e. The van der Waals surface area contributed by atoms with E-state index >= 15 is 0 Å². The maximum atomic E-state index is 12.3. The Hall–Kier alpha value is -1.12. The number of sulfonamides is 1. The number of nitrogens with zero attached hydrogens (tertiary/aromatic N) is 1. The van der Waals surface area contributed by atoms with E-state index in [0.29, 0.717) is 17.6 Å². The molecule has 1 aromatic rings. The lowest BCUT2D eigenvalue weighted by atomic mass is 10.3. The van der Waals surface area contributed by atoms with Gasteiger partial charge in [0.15, 0.2) is 0 Å². The number of carbonyl (C=O) groups excluding carboxylic acids is 1. The minimum Gasteiger partial charge on any atom is -0.398 e. The van der Waals surface area contributed by atoms with Gasteiger partial charge in [-0.15, -0.1) is 0 Å². The molecule has 0 spiro atoms. The molecule has 0 saturated heterocycles. The quantitative estimate of drug-likeness (QED) is 0.735. The number of rotatable bonds is 6. The monoisotopic (exact) mass is 377 g/mol. The van der Waals surface area contributed by atoms with Gasteiger partial charge in [0.05, 0.1) is 11.7 Å². The van der Waals surface area contributed by atoms with Crippen molar-refractivity contribution in [3.63, 3.8) is 0 Å². The Morgan fingerprint density at radius 1 is 1.38 bits per heavy atom. The Labute approximate surface area is 133 Å².